The lowest BCUT2D eigenvalue weighted by atomic mass is 9.85. The molecule has 1 saturated carbocycles. The Hall–Kier alpha value is -0.650. The zero-order valence-electron chi connectivity index (χ0n) is 10.9. The maximum Gasteiger partial charge on any atom is 0.306 e. The maximum atomic E-state index is 11.0. The molecule has 5 heteroatoms. The van der Waals surface area contributed by atoms with Crippen LogP contribution in [0.1, 0.15) is 39.0 Å². The zero-order valence-corrected chi connectivity index (χ0v) is 10.9. The highest BCUT2D eigenvalue weighted by atomic mass is 16.5. The lowest BCUT2D eigenvalue weighted by Gasteiger charge is -2.32. The normalized spacial score (nSPS) is 40.9. The molecule has 2 rings (SSSR count). The van der Waals surface area contributed by atoms with Gasteiger partial charge in [0.15, 0.2) is 0 Å². The summed E-state index contributed by atoms with van der Waals surface area (Å²) in [6.45, 7) is 2.97. The van der Waals surface area contributed by atoms with Crippen LogP contribution in [0, 0.1) is 5.92 Å². The van der Waals surface area contributed by atoms with E-state index in [1.54, 1.807) is 0 Å². The van der Waals surface area contributed by atoms with Gasteiger partial charge in [-0.3, -0.25) is 4.79 Å². The quantitative estimate of drug-likeness (QED) is 0.693. The van der Waals surface area contributed by atoms with E-state index in [-0.39, 0.29) is 18.1 Å². The van der Waals surface area contributed by atoms with Crippen molar-refractivity contribution in [3.8, 4) is 0 Å². The molecule has 4 atom stereocenters. The van der Waals surface area contributed by atoms with Crippen molar-refractivity contribution in [2.24, 2.45) is 5.92 Å². The molecule has 1 heterocycles. The van der Waals surface area contributed by atoms with Crippen molar-refractivity contribution >= 4 is 5.97 Å². The second-order valence-corrected chi connectivity index (χ2v) is 5.65. The topological polar surface area (TPSA) is 78.8 Å². The highest BCUT2D eigenvalue weighted by molar-refractivity contribution is 5.70. The predicted octanol–water partition coefficient (Wildman–Crippen LogP) is 0.759. The molecule has 1 aliphatic heterocycles. The number of hydrogen-bond donors (Lipinski definition) is 3. The van der Waals surface area contributed by atoms with E-state index in [9.17, 15) is 9.90 Å². The number of hydrogen-bond acceptors (Lipinski definition) is 4. The first kappa shape index (κ1) is 13.8. The van der Waals surface area contributed by atoms with Gasteiger partial charge in [0.1, 0.15) is 5.60 Å². The fourth-order valence-electron chi connectivity index (χ4n) is 2.92. The maximum absolute atomic E-state index is 11.0. The lowest BCUT2D eigenvalue weighted by Crippen LogP contribution is -2.49. The molecule has 18 heavy (non-hydrogen) atoms. The first-order chi connectivity index (χ1) is 8.51. The molecule has 0 radical (unpaired) electrons. The Morgan fingerprint density at radius 2 is 2.28 bits per heavy atom. The molecular weight excluding hydrogens is 234 g/mol. The number of rotatable bonds is 4. The van der Waals surface area contributed by atoms with Crippen molar-refractivity contribution < 1.29 is 19.7 Å². The monoisotopic (exact) mass is 257 g/mol. The molecule has 5 nitrogen and oxygen atoms in total. The summed E-state index contributed by atoms with van der Waals surface area (Å²) in [6.07, 6.45) is 3.88. The Morgan fingerprint density at radius 1 is 1.50 bits per heavy atom. The second-order valence-electron chi connectivity index (χ2n) is 5.65. The third-order valence-corrected chi connectivity index (χ3v) is 4.38. The van der Waals surface area contributed by atoms with Crippen molar-refractivity contribution in [1.29, 1.82) is 0 Å². The Bertz CT molecular complexity index is 309. The molecule has 104 valence electrons. The van der Waals surface area contributed by atoms with Crippen LogP contribution in [0.25, 0.3) is 0 Å². The molecule has 3 N–H and O–H groups in total. The van der Waals surface area contributed by atoms with E-state index in [0.717, 1.165) is 19.3 Å². The summed E-state index contributed by atoms with van der Waals surface area (Å²) < 4.78 is 5.38. The number of carbonyl (C=O) groups is 1. The van der Waals surface area contributed by atoms with Gasteiger partial charge in [0, 0.05) is 25.6 Å². The van der Waals surface area contributed by atoms with Gasteiger partial charge in [0.25, 0.3) is 0 Å². The van der Waals surface area contributed by atoms with Crippen molar-refractivity contribution in [3.63, 3.8) is 0 Å². The Balaban J connectivity index is 1.81. The molecule has 0 aromatic carbocycles. The average molecular weight is 257 g/mol. The third-order valence-electron chi connectivity index (χ3n) is 4.38. The Labute approximate surface area is 108 Å². The summed E-state index contributed by atoms with van der Waals surface area (Å²) in [7, 11) is 0. The smallest absolute Gasteiger partial charge is 0.306 e. The number of aliphatic hydroxyl groups is 1. The SMILES string of the molecule is CC1OCCC1(O)CNC1CCCC(C(=O)O)C1. The molecule has 1 saturated heterocycles. The molecule has 0 aromatic heterocycles. The minimum atomic E-state index is -0.795. The summed E-state index contributed by atoms with van der Waals surface area (Å²) in [4.78, 5) is 11.0. The van der Waals surface area contributed by atoms with Crippen molar-refractivity contribution in [2.75, 3.05) is 13.2 Å². The molecule has 0 aromatic rings. The van der Waals surface area contributed by atoms with Crippen LogP contribution >= 0.6 is 0 Å². The molecule has 2 fully saturated rings. The Kier molecular flexibility index (Phi) is 4.25. The zero-order chi connectivity index (χ0) is 13.2. The van der Waals surface area contributed by atoms with Crippen molar-refractivity contribution in [3.05, 3.63) is 0 Å². The van der Waals surface area contributed by atoms with Crippen LogP contribution in [0.4, 0.5) is 0 Å². The number of nitrogens with one attached hydrogen (secondary N) is 1. The third kappa shape index (κ3) is 3.02. The number of aliphatic carboxylic acids is 1. The van der Waals surface area contributed by atoms with Crippen LogP contribution in [0.3, 0.4) is 0 Å². The van der Waals surface area contributed by atoms with Crippen molar-refractivity contribution in [1.82, 2.24) is 5.32 Å². The average Bonchev–Trinajstić information content (AvgIpc) is 2.68. The predicted molar refractivity (Wildman–Crippen MR) is 66.4 cm³/mol. The minimum absolute atomic E-state index is 0.149. The van der Waals surface area contributed by atoms with E-state index in [1.807, 2.05) is 6.92 Å². The lowest BCUT2D eigenvalue weighted by molar-refractivity contribution is -0.143. The molecule has 4 unspecified atom stereocenters. The van der Waals surface area contributed by atoms with Gasteiger partial charge in [0.05, 0.1) is 12.0 Å². The van der Waals surface area contributed by atoms with E-state index in [1.165, 1.54) is 0 Å². The van der Waals surface area contributed by atoms with Gasteiger partial charge in [-0.05, 0) is 26.2 Å². The summed E-state index contributed by atoms with van der Waals surface area (Å²) in [5, 5.41) is 22.7. The summed E-state index contributed by atoms with van der Waals surface area (Å²) >= 11 is 0. The second kappa shape index (κ2) is 5.55. The number of carboxylic acid groups (broad SMARTS) is 1. The van der Waals surface area contributed by atoms with E-state index in [2.05, 4.69) is 5.32 Å². The highest BCUT2D eigenvalue weighted by Gasteiger charge is 2.40. The van der Waals surface area contributed by atoms with Gasteiger partial charge in [-0.15, -0.1) is 0 Å². The first-order valence-corrected chi connectivity index (χ1v) is 6.81. The van der Waals surface area contributed by atoms with Crippen LogP contribution in [0.15, 0.2) is 0 Å². The molecule has 0 spiro atoms. The standard InChI is InChI=1S/C13H23NO4/c1-9-13(17,5-6-18-9)8-14-11-4-2-3-10(7-11)12(15)16/h9-11,14,17H,2-8H2,1H3,(H,15,16). The molecule has 1 aliphatic carbocycles. The van der Waals surface area contributed by atoms with Crippen LogP contribution in [-0.2, 0) is 9.53 Å². The first-order valence-electron chi connectivity index (χ1n) is 6.81. The van der Waals surface area contributed by atoms with Gasteiger partial charge >= 0.3 is 5.97 Å². The number of carboxylic acids is 1. The summed E-state index contributed by atoms with van der Waals surface area (Å²) in [5.74, 6) is -0.930. The van der Waals surface area contributed by atoms with E-state index >= 15 is 0 Å². The summed E-state index contributed by atoms with van der Waals surface area (Å²) in [5.41, 5.74) is -0.795. The minimum Gasteiger partial charge on any atom is -0.481 e. The molecular formula is C13H23NO4. The van der Waals surface area contributed by atoms with E-state index in [0.29, 0.717) is 26.0 Å². The van der Waals surface area contributed by atoms with Crippen LogP contribution in [0.5, 0.6) is 0 Å². The van der Waals surface area contributed by atoms with Gasteiger partial charge < -0.3 is 20.3 Å². The number of ether oxygens (including phenoxy) is 1. The summed E-state index contributed by atoms with van der Waals surface area (Å²) in [6, 6.07) is 0.205. The van der Waals surface area contributed by atoms with Gasteiger partial charge in [-0.2, -0.15) is 0 Å². The molecule has 0 bridgehead atoms. The van der Waals surface area contributed by atoms with Gasteiger partial charge in [-0.25, -0.2) is 0 Å². The van der Waals surface area contributed by atoms with E-state index in [4.69, 9.17) is 9.84 Å². The fraction of sp³-hybridized carbons (Fsp3) is 0.923. The van der Waals surface area contributed by atoms with Gasteiger partial charge in [-0.1, -0.05) is 6.42 Å². The molecule has 2 aliphatic rings. The van der Waals surface area contributed by atoms with Crippen molar-refractivity contribution in [2.45, 2.75) is 56.8 Å². The van der Waals surface area contributed by atoms with E-state index < -0.39 is 11.6 Å². The van der Waals surface area contributed by atoms with Crippen LogP contribution < -0.4 is 5.32 Å². The Morgan fingerprint density at radius 3 is 2.89 bits per heavy atom. The molecule has 0 amide bonds. The van der Waals surface area contributed by atoms with Crippen LogP contribution in [0.2, 0.25) is 0 Å². The fourth-order valence-corrected chi connectivity index (χ4v) is 2.92. The van der Waals surface area contributed by atoms with Gasteiger partial charge in [0.2, 0.25) is 0 Å². The largest absolute Gasteiger partial charge is 0.481 e. The highest BCUT2D eigenvalue weighted by Crippen LogP contribution is 2.27. The van der Waals surface area contributed by atoms with Crippen LogP contribution in [-0.4, -0.2) is 47.1 Å².